The molecule has 2 N–H and O–H groups in total. The van der Waals surface area contributed by atoms with E-state index in [4.69, 9.17) is 0 Å². The topological polar surface area (TPSA) is 44.4 Å². The molecule has 1 aromatic rings. The smallest absolute Gasteiger partial charge is 0.319 e. The normalized spacial score (nSPS) is 24.5. The quantitative estimate of drug-likeness (QED) is 0.865. The van der Waals surface area contributed by atoms with E-state index in [2.05, 4.69) is 49.5 Å². The lowest BCUT2D eigenvalue weighted by Crippen LogP contribution is -2.55. The number of likely N-dealkylation sites (N-methyl/N-ethyl adjacent to an activating group) is 1. The second-order valence-corrected chi connectivity index (χ2v) is 7.14. The molecule has 0 aromatic heterocycles. The summed E-state index contributed by atoms with van der Waals surface area (Å²) in [7, 11) is 4.26. The molecular formula is C19H31N3O. The van der Waals surface area contributed by atoms with E-state index < -0.39 is 0 Å². The van der Waals surface area contributed by atoms with Crippen molar-refractivity contribution >= 4 is 11.7 Å². The summed E-state index contributed by atoms with van der Waals surface area (Å²) in [5.41, 5.74) is 2.15. The van der Waals surface area contributed by atoms with Gasteiger partial charge in [0.2, 0.25) is 0 Å². The number of nitrogens with zero attached hydrogens (tertiary/aromatic N) is 1. The van der Waals surface area contributed by atoms with Gasteiger partial charge in [-0.15, -0.1) is 0 Å². The zero-order chi connectivity index (χ0) is 16.9. The molecule has 4 nitrogen and oxygen atoms in total. The van der Waals surface area contributed by atoms with Crippen molar-refractivity contribution in [3.05, 3.63) is 29.8 Å². The minimum atomic E-state index is -0.106. The highest BCUT2D eigenvalue weighted by Gasteiger charge is 2.37. The number of urea groups is 1. The molecule has 4 heteroatoms. The number of anilines is 1. The van der Waals surface area contributed by atoms with Gasteiger partial charge in [-0.3, -0.25) is 0 Å². The molecular weight excluding hydrogens is 286 g/mol. The number of carbonyl (C=O) groups excluding carboxylic acids is 1. The first kappa shape index (κ1) is 17.8. The third-order valence-corrected chi connectivity index (χ3v) is 5.24. The van der Waals surface area contributed by atoms with Gasteiger partial charge in [-0.25, -0.2) is 4.79 Å². The summed E-state index contributed by atoms with van der Waals surface area (Å²) in [6.45, 7) is 5.11. The van der Waals surface area contributed by atoms with E-state index in [0.717, 1.165) is 36.4 Å². The Balaban J connectivity index is 1.97. The van der Waals surface area contributed by atoms with Gasteiger partial charge >= 0.3 is 6.03 Å². The van der Waals surface area contributed by atoms with Crippen LogP contribution in [0.2, 0.25) is 0 Å². The Hall–Kier alpha value is -1.55. The Morgan fingerprint density at radius 2 is 2.09 bits per heavy atom. The Labute approximate surface area is 140 Å². The van der Waals surface area contributed by atoms with Gasteiger partial charge in [0.05, 0.1) is 0 Å². The van der Waals surface area contributed by atoms with Crippen molar-refractivity contribution in [2.24, 2.45) is 5.92 Å². The molecule has 0 bridgehead atoms. The average molecular weight is 317 g/mol. The van der Waals surface area contributed by atoms with Crippen molar-refractivity contribution < 1.29 is 4.79 Å². The van der Waals surface area contributed by atoms with E-state index in [1.54, 1.807) is 0 Å². The van der Waals surface area contributed by atoms with Crippen LogP contribution >= 0.6 is 0 Å². The molecule has 0 heterocycles. The summed E-state index contributed by atoms with van der Waals surface area (Å²) in [4.78, 5) is 14.6. The fraction of sp³-hybridized carbons (Fsp3) is 0.632. The molecule has 0 radical (unpaired) electrons. The first-order valence-corrected chi connectivity index (χ1v) is 8.77. The summed E-state index contributed by atoms with van der Waals surface area (Å²) in [5, 5.41) is 6.10. The van der Waals surface area contributed by atoms with Gasteiger partial charge in [-0.05, 0) is 50.9 Å². The van der Waals surface area contributed by atoms with Gasteiger partial charge in [0, 0.05) is 17.8 Å². The van der Waals surface area contributed by atoms with Gasteiger partial charge in [0.15, 0.2) is 0 Å². The highest BCUT2D eigenvalue weighted by molar-refractivity contribution is 5.90. The van der Waals surface area contributed by atoms with Crippen LogP contribution in [-0.2, 0) is 6.42 Å². The van der Waals surface area contributed by atoms with Gasteiger partial charge in [0.1, 0.15) is 0 Å². The Morgan fingerprint density at radius 3 is 2.74 bits per heavy atom. The van der Waals surface area contributed by atoms with Crippen LogP contribution in [0.5, 0.6) is 0 Å². The largest absolute Gasteiger partial charge is 0.336 e. The van der Waals surface area contributed by atoms with E-state index >= 15 is 0 Å². The number of amides is 2. The molecule has 0 aliphatic heterocycles. The van der Waals surface area contributed by atoms with Crippen molar-refractivity contribution in [2.45, 2.75) is 51.5 Å². The third-order valence-electron chi connectivity index (χ3n) is 5.24. The van der Waals surface area contributed by atoms with E-state index in [0.29, 0.717) is 6.54 Å². The summed E-state index contributed by atoms with van der Waals surface area (Å²) in [6.07, 6.45) is 5.74. The number of carbonyl (C=O) groups is 1. The SMILES string of the molecule is CCc1ccccc1NC(=O)NC[C@]1(N(C)C)CCC[C@@H](C)C1. The molecule has 1 saturated carbocycles. The molecule has 1 aliphatic rings. The number of hydrogen-bond donors (Lipinski definition) is 2. The summed E-state index contributed by atoms with van der Waals surface area (Å²) in [5.74, 6) is 0.719. The number of hydrogen-bond acceptors (Lipinski definition) is 2. The molecule has 1 fully saturated rings. The lowest BCUT2D eigenvalue weighted by atomic mass is 9.75. The lowest BCUT2D eigenvalue weighted by Gasteiger charge is -2.45. The van der Waals surface area contributed by atoms with Crippen LogP contribution in [-0.4, -0.2) is 37.1 Å². The van der Waals surface area contributed by atoms with Crippen LogP contribution < -0.4 is 10.6 Å². The molecule has 0 spiro atoms. The van der Waals surface area contributed by atoms with E-state index in [-0.39, 0.29) is 11.6 Å². The number of nitrogens with one attached hydrogen (secondary N) is 2. The van der Waals surface area contributed by atoms with Gasteiger partial charge in [-0.2, -0.15) is 0 Å². The van der Waals surface area contributed by atoms with Crippen molar-refractivity contribution in [2.75, 3.05) is 26.0 Å². The fourth-order valence-electron chi connectivity index (χ4n) is 3.72. The zero-order valence-corrected chi connectivity index (χ0v) is 15.0. The minimum absolute atomic E-state index is 0.0826. The predicted octanol–water partition coefficient (Wildman–Crippen LogP) is 3.88. The van der Waals surface area contributed by atoms with Crippen molar-refractivity contribution in [3.63, 3.8) is 0 Å². The molecule has 0 unspecified atom stereocenters. The number of aryl methyl sites for hydroxylation is 1. The van der Waals surface area contributed by atoms with Crippen LogP contribution in [0.25, 0.3) is 0 Å². The molecule has 0 saturated heterocycles. The highest BCUT2D eigenvalue weighted by Crippen LogP contribution is 2.35. The van der Waals surface area contributed by atoms with Crippen LogP contribution in [0.15, 0.2) is 24.3 Å². The van der Waals surface area contributed by atoms with Gasteiger partial charge < -0.3 is 15.5 Å². The van der Waals surface area contributed by atoms with Crippen molar-refractivity contribution in [3.8, 4) is 0 Å². The highest BCUT2D eigenvalue weighted by atomic mass is 16.2. The second-order valence-electron chi connectivity index (χ2n) is 7.14. The van der Waals surface area contributed by atoms with E-state index in [1.165, 1.54) is 12.8 Å². The van der Waals surface area contributed by atoms with Crippen LogP contribution in [0.4, 0.5) is 10.5 Å². The van der Waals surface area contributed by atoms with E-state index in [9.17, 15) is 4.79 Å². The molecule has 23 heavy (non-hydrogen) atoms. The number of para-hydroxylation sites is 1. The summed E-state index contributed by atoms with van der Waals surface area (Å²) in [6, 6.07) is 7.87. The first-order chi connectivity index (χ1) is 11.0. The standard InChI is InChI=1S/C19H31N3O/c1-5-16-10-6-7-11-17(16)21-18(23)20-14-19(22(3)4)12-8-9-15(2)13-19/h6-7,10-11,15H,5,8-9,12-14H2,1-4H3,(H2,20,21,23)/t15-,19+/m1/s1. The number of rotatable bonds is 5. The van der Waals surface area contributed by atoms with Gasteiger partial charge in [-0.1, -0.05) is 44.9 Å². The summed E-state index contributed by atoms with van der Waals surface area (Å²) >= 11 is 0. The fourth-order valence-corrected chi connectivity index (χ4v) is 3.72. The monoisotopic (exact) mass is 317 g/mol. The molecule has 1 aromatic carbocycles. The van der Waals surface area contributed by atoms with Crippen LogP contribution in [0, 0.1) is 5.92 Å². The molecule has 2 rings (SSSR count). The molecule has 2 amide bonds. The Morgan fingerprint density at radius 1 is 1.35 bits per heavy atom. The van der Waals surface area contributed by atoms with Crippen molar-refractivity contribution in [1.29, 1.82) is 0 Å². The Kier molecular flexibility index (Phi) is 6.05. The third kappa shape index (κ3) is 4.47. The zero-order valence-electron chi connectivity index (χ0n) is 15.0. The second kappa shape index (κ2) is 7.82. The molecule has 1 aliphatic carbocycles. The van der Waals surface area contributed by atoms with Gasteiger partial charge in [0.25, 0.3) is 0 Å². The maximum atomic E-state index is 12.3. The number of benzene rings is 1. The first-order valence-electron chi connectivity index (χ1n) is 8.77. The van der Waals surface area contributed by atoms with Crippen molar-refractivity contribution in [1.82, 2.24) is 10.2 Å². The predicted molar refractivity (Wildman–Crippen MR) is 96.9 cm³/mol. The Bertz CT molecular complexity index is 529. The molecule has 128 valence electrons. The maximum absolute atomic E-state index is 12.3. The maximum Gasteiger partial charge on any atom is 0.319 e. The lowest BCUT2D eigenvalue weighted by molar-refractivity contribution is 0.0779. The summed E-state index contributed by atoms with van der Waals surface area (Å²) < 4.78 is 0. The van der Waals surface area contributed by atoms with E-state index in [1.807, 2.05) is 18.2 Å². The minimum Gasteiger partial charge on any atom is -0.336 e. The average Bonchev–Trinajstić information content (AvgIpc) is 2.53. The molecule has 2 atom stereocenters. The van der Waals surface area contributed by atoms with Crippen LogP contribution in [0.1, 0.15) is 45.1 Å². The van der Waals surface area contributed by atoms with Crippen LogP contribution in [0.3, 0.4) is 0 Å².